The third-order valence-electron chi connectivity index (χ3n) is 21.0. The van der Waals surface area contributed by atoms with Crippen LogP contribution in [0.3, 0.4) is 0 Å². The summed E-state index contributed by atoms with van der Waals surface area (Å²) in [6, 6.07) is 61.0. The summed E-state index contributed by atoms with van der Waals surface area (Å²) in [7, 11) is 1.65. The summed E-state index contributed by atoms with van der Waals surface area (Å²) in [6.07, 6.45) is 9.59. The molecule has 4 amide bonds. The largest absolute Gasteiger partial charge is 0.502 e. The molecule has 7 unspecified atom stereocenters. The molecular formula is C86H86N16O12. The van der Waals surface area contributed by atoms with E-state index in [0.29, 0.717) is 26.2 Å². The van der Waals surface area contributed by atoms with Crippen molar-refractivity contribution in [2.45, 2.75) is 115 Å². The molecular weight excluding hydrogens is 1450 g/mol. The Morgan fingerprint density at radius 3 is 0.947 bits per heavy atom. The van der Waals surface area contributed by atoms with E-state index < -0.39 is 62.4 Å². The van der Waals surface area contributed by atoms with Crippen molar-refractivity contribution in [2.24, 2.45) is 0 Å². The van der Waals surface area contributed by atoms with Gasteiger partial charge in [0.1, 0.15) is 6.04 Å². The number of carbonyl (C=O) groups is 4. The molecule has 4 N–H and O–H groups in total. The van der Waals surface area contributed by atoms with Crippen molar-refractivity contribution >= 4 is 23.6 Å². The lowest BCUT2D eigenvalue weighted by Crippen LogP contribution is -2.50. The number of aromatic nitrogens is 12. The minimum absolute atomic E-state index is 0.0423. The number of hydrogen-bond donors (Lipinski definition) is 4. The number of likely N-dealkylation sites (N-methyl/N-ethyl adjacent to an activating group) is 1. The highest BCUT2D eigenvalue weighted by atomic mass is 16.3. The molecule has 4 aliphatic rings. The van der Waals surface area contributed by atoms with E-state index in [9.17, 15) is 58.8 Å². The number of aromatic hydroxyl groups is 4. The van der Waals surface area contributed by atoms with Crippen LogP contribution in [-0.4, -0.2) is 174 Å². The van der Waals surface area contributed by atoms with Gasteiger partial charge in [-0.2, -0.15) is 25.5 Å². The molecule has 0 radical (unpaired) electrons. The molecule has 0 saturated heterocycles. The topological polar surface area (TPSA) is 345 Å². The molecule has 0 saturated carbocycles. The Hall–Kier alpha value is -13.8. The molecule has 0 bridgehead atoms. The molecule has 114 heavy (non-hydrogen) atoms. The van der Waals surface area contributed by atoms with Crippen LogP contribution < -0.4 is 21.7 Å². The normalized spacial score (nSPS) is 17.1. The summed E-state index contributed by atoms with van der Waals surface area (Å²) < 4.78 is 7.81. The van der Waals surface area contributed by atoms with Crippen molar-refractivity contribution in [3.05, 3.63) is 346 Å². The predicted octanol–water partition coefficient (Wildman–Crippen LogP) is 9.72. The van der Waals surface area contributed by atoms with Crippen molar-refractivity contribution in [1.29, 1.82) is 0 Å². The van der Waals surface area contributed by atoms with Crippen LogP contribution in [0, 0.1) is 6.92 Å². The van der Waals surface area contributed by atoms with E-state index in [1.807, 2.05) is 229 Å². The van der Waals surface area contributed by atoms with Gasteiger partial charge in [-0.15, -0.1) is 0 Å². The highest BCUT2D eigenvalue weighted by Gasteiger charge is 2.45. The van der Waals surface area contributed by atoms with E-state index in [4.69, 9.17) is 0 Å². The van der Waals surface area contributed by atoms with E-state index in [2.05, 4.69) is 59.7 Å². The lowest BCUT2D eigenvalue weighted by atomic mass is 9.83. The summed E-state index contributed by atoms with van der Waals surface area (Å²) in [5.74, 6) is -4.39. The van der Waals surface area contributed by atoms with Crippen LogP contribution in [0.15, 0.2) is 257 Å². The fraction of sp³-hybridized carbons (Fsp3) is 0.267. The molecule has 4 aliphatic heterocycles. The molecule has 7 aromatic heterocycles. The standard InChI is InChI=1S/C23H23N3O3.C22H22N4O3.C21H23N5O3.C20H18N4O3/c1-15(2)25-14-18(26-21(23(25)29)22(28)19(27)13-24-26)20(16-9-5-3-6-10-16)17-11-7-4-8-12-17;1-14(2)25-13-17(26-20(22(25)29)21(28)18(27)12-24-26)19(15-8-4-3-5-9-15)16-10-6-7-11-23-16;1-13(2)24-12-16(26-19(21(24)29)20(28)17(27)11-22-26)18(15-7-5-4-6-8-15)25-10-9-14(3)23-25;1-23-12-15(24-18(20(23)27)19(26)16(25)11-22-24)17(13-7-3-2-4-8-13)14-9-5-6-10-21-14/h3-13,15,18,20,28H,14H2,1-2H3;3-12,14,17,19,28H,13H2,1-2H3;4-11,13,16,18,28H,12H2,1-3H3;2-11,15,17,26H,12H2,1H3. The maximum Gasteiger partial charge on any atom is 0.276 e. The summed E-state index contributed by atoms with van der Waals surface area (Å²) in [6.45, 7) is 15.0. The van der Waals surface area contributed by atoms with Crippen molar-refractivity contribution in [1.82, 2.24) is 78.5 Å². The van der Waals surface area contributed by atoms with Gasteiger partial charge in [-0.1, -0.05) is 164 Å². The zero-order valence-corrected chi connectivity index (χ0v) is 63.9. The van der Waals surface area contributed by atoms with Crippen molar-refractivity contribution < 1.29 is 39.6 Å². The first-order valence-electron chi connectivity index (χ1n) is 37.4. The lowest BCUT2D eigenvalue weighted by Gasteiger charge is -2.40. The number of nitrogens with zero attached hydrogens (tertiary/aromatic N) is 16. The van der Waals surface area contributed by atoms with Crippen LogP contribution in [0.4, 0.5) is 0 Å². The Balaban J connectivity index is 0.000000133. The van der Waals surface area contributed by atoms with E-state index in [0.717, 1.165) is 69.7 Å². The second kappa shape index (κ2) is 33.8. The van der Waals surface area contributed by atoms with Gasteiger partial charge in [0, 0.05) is 75.9 Å². The Morgan fingerprint density at radius 2 is 0.632 bits per heavy atom. The fourth-order valence-corrected chi connectivity index (χ4v) is 15.4. The van der Waals surface area contributed by atoms with E-state index in [-0.39, 0.29) is 94.8 Å². The van der Waals surface area contributed by atoms with Gasteiger partial charge in [0.2, 0.25) is 21.7 Å². The quantitative estimate of drug-likeness (QED) is 0.0741. The highest BCUT2D eigenvalue weighted by molar-refractivity contribution is 5.98. The maximum absolute atomic E-state index is 13.0. The van der Waals surface area contributed by atoms with Gasteiger partial charge in [0.15, 0.2) is 45.8 Å². The van der Waals surface area contributed by atoms with Crippen molar-refractivity contribution in [3.8, 4) is 23.0 Å². The summed E-state index contributed by atoms with van der Waals surface area (Å²) in [5.41, 5.74) is 4.76. The van der Waals surface area contributed by atoms with Crippen molar-refractivity contribution in [3.63, 3.8) is 0 Å². The average molecular weight is 1540 g/mol. The highest BCUT2D eigenvalue weighted by Crippen LogP contribution is 2.44. The zero-order chi connectivity index (χ0) is 80.8. The SMILES string of the molecule is CC(C)N1CC(C(c2ccccc2)c2ccccc2)n2ncc(=O)c(O)c2C1=O.CC(C)N1CC(C(c2ccccc2)c2ccccn2)n2ncc(=O)c(O)c2C1=O.CN1CC(C(c2ccccc2)c2ccccn2)n2ncc(=O)c(O)c2C1=O.Cc1ccn(C(c2ccccc2)C2CN(C(C)C)C(=O)c3c(O)c(=O)cnn32)n1. The average Bonchev–Trinajstić information content (AvgIpc) is 0.863. The second-order valence-corrected chi connectivity index (χ2v) is 29.1. The minimum atomic E-state index is -0.669. The Morgan fingerprint density at radius 1 is 0.342 bits per heavy atom. The van der Waals surface area contributed by atoms with Crippen LogP contribution in [0.5, 0.6) is 23.0 Å². The van der Waals surface area contributed by atoms with Crippen LogP contribution in [-0.2, 0) is 0 Å². The van der Waals surface area contributed by atoms with Gasteiger partial charge >= 0.3 is 0 Å². The molecule has 0 spiro atoms. The molecule has 5 aromatic carbocycles. The molecule has 12 aromatic rings. The number of hydrogen-bond acceptors (Lipinski definition) is 19. The smallest absolute Gasteiger partial charge is 0.276 e. The number of amides is 4. The Labute approximate surface area is 655 Å². The summed E-state index contributed by atoms with van der Waals surface area (Å²) in [5, 5.41) is 63.1. The third-order valence-corrected chi connectivity index (χ3v) is 21.0. The van der Waals surface area contributed by atoms with Gasteiger partial charge in [0.25, 0.3) is 23.6 Å². The van der Waals surface area contributed by atoms with Crippen LogP contribution in [0.25, 0.3) is 0 Å². The Bertz CT molecular complexity index is 5400. The molecule has 16 rings (SSSR count). The lowest BCUT2D eigenvalue weighted by molar-refractivity contribution is 0.0543. The van der Waals surface area contributed by atoms with E-state index in [1.54, 1.807) is 34.1 Å². The predicted molar refractivity (Wildman–Crippen MR) is 424 cm³/mol. The molecule has 7 atom stereocenters. The maximum atomic E-state index is 13.0. The zero-order valence-electron chi connectivity index (χ0n) is 63.9. The van der Waals surface area contributed by atoms with Crippen LogP contribution >= 0.6 is 0 Å². The molecule has 0 fully saturated rings. The van der Waals surface area contributed by atoms with Gasteiger partial charge in [0.05, 0.1) is 77.9 Å². The molecule has 0 aliphatic carbocycles. The molecule has 28 heteroatoms. The van der Waals surface area contributed by atoms with E-state index in [1.165, 1.54) is 23.6 Å². The number of benzene rings is 5. The molecule has 11 heterocycles. The number of carbonyl (C=O) groups excluding carboxylic acids is 4. The third kappa shape index (κ3) is 15.7. The molecule has 582 valence electrons. The van der Waals surface area contributed by atoms with Gasteiger partial charge in [-0.3, -0.25) is 67.1 Å². The van der Waals surface area contributed by atoms with Crippen LogP contribution in [0.2, 0.25) is 0 Å². The Kier molecular flexibility index (Phi) is 23.2. The monoisotopic (exact) mass is 1530 g/mol. The first-order chi connectivity index (χ1) is 54.9. The first-order valence-corrected chi connectivity index (χ1v) is 37.4. The number of fused-ring (bicyclic) bond motifs is 4. The minimum Gasteiger partial charge on any atom is -0.502 e. The molecule has 28 nitrogen and oxygen atoms in total. The number of rotatable bonds is 15. The van der Waals surface area contributed by atoms with E-state index >= 15 is 0 Å². The van der Waals surface area contributed by atoms with Gasteiger partial charge < -0.3 is 40.0 Å². The van der Waals surface area contributed by atoms with Crippen LogP contribution in [0.1, 0.15) is 176 Å². The van der Waals surface area contributed by atoms with Gasteiger partial charge in [-0.25, -0.2) is 4.68 Å². The van der Waals surface area contributed by atoms with Crippen molar-refractivity contribution in [2.75, 3.05) is 33.2 Å². The first kappa shape index (κ1) is 78.3. The summed E-state index contributed by atoms with van der Waals surface area (Å²) in [4.78, 5) is 115. The van der Waals surface area contributed by atoms with Gasteiger partial charge in [-0.05, 0) is 107 Å². The summed E-state index contributed by atoms with van der Waals surface area (Å²) >= 11 is 0. The second-order valence-electron chi connectivity index (χ2n) is 29.1. The fourth-order valence-electron chi connectivity index (χ4n) is 15.4. The number of pyridine rings is 2. The number of aryl methyl sites for hydroxylation is 1.